The second-order valence-electron chi connectivity index (χ2n) is 14.1. The number of esters is 1. The molecule has 3 N–H and O–H groups in total. The minimum atomic E-state index is -1.00. The van der Waals surface area contributed by atoms with Crippen LogP contribution in [0.2, 0.25) is 0 Å². The van der Waals surface area contributed by atoms with E-state index in [2.05, 4.69) is 10.6 Å². The van der Waals surface area contributed by atoms with Gasteiger partial charge in [0.1, 0.15) is 12.1 Å². The quantitative estimate of drug-likeness (QED) is 0.367. The number of hydrogen-bond acceptors (Lipinski definition) is 11. The maximum absolute atomic E-state index is 13.7. The maximum atomic E-state index is 13.7. The molecular formula is C34H42N3O11. The zero-order valence-electron chi connectivity index (χ0n) is 28.1. The van der Waals surface area contributed by atoms with Crippen LogP contribution in [-0.4, -0.2) is 79.0 Å². The van der Waals surface area contributed by atoms with Gasteiger partial charge in [0.2, 0.25) is 18.4 Å². The highest BCUT2D eigenvalue weighted by Crippen LogP contribution is 2.55. The molecular weight excluding hydrogens is 626 g/mol. The number of methoxy groups -OCH3 is 2. The number of phenols is 1. The SMILES string of the molecule is COc1cc([C@@H]2c3cc4c(cc3[C@@H](NC(=O)[C@H](C)NC(=O)OC3CC(C)(C)N([O])C(C)(C)C3)[C@H]3COC(=O)[C@H]23)OCO4)cc(OC)c1O. The largest absolute Gasteiger partial charge is 0.502 e. The molecule has 0 saturated carbocycles. The third-order valence-electron chi connectivity index (χ3n) is 9.90. The topological polar surface area (TPSA) is 174 Å². The van der Waals surface area contributed by atoms with Crippen LogP contribution in [0.15, 0.2) is 24.3 Å². The Hall–Kier alpha value is -4.43. The van der Waals surface area contributed by atoms with E-state index in [0.717, 1.165) is 5.06 Å². The Morgan fingerprint density at radius 1 is 0.958 bits per heavy atom. The summed E-state index contributed by atoms with van der Waals surface area (Å²) in [5, 5.41) is 30.0. The van der Waals surface area contributed by atoms with Crippen LogP contribution in [0.25, 0.3) is 0 Å². The minimum absolute atomic E-state index is 0.0148. The van der Waals surface area contributed by atoms with Gasteiger partial charge in [0.05, 0.1) is 32.8 Å². The van der Waals surface area contributed by atoms with Crippen molar-refractivity contribution >= 4 is 18.0 Å². The summed E-state index contributed by atoms with van der Waals surface area (Å²) < 4.78 is 33.5. The van der Waals surface area contributed by atoms with Crippen molar-refractivity contribution in [2.24, 2.45) is 11.8 Å². The van der Waals surface area contributed by atoms with Gasteiger partial charge in [0, 0.05) is 35.8 Å². The third-order valence-corrected chi connectivity index (χ3v) is 9.90. The van der Waals surface area contributed by atoms with Crippen LogP contribution in [0.5, 0.6) is 28.7 Å². The van der Waals surface area contributed by atoms with Gasteiger partial charge in [0.15, 0.2) is 23.0 Å². The molecule has 0 spiro atoms. The Morgan fingerprint density at radius 2 is 1.54 bits per heavy atom. The normalized spacial score (nSPS) is 26.0. The van der Waals surface area contributed by atoms with Crippen molar-refractivity contribution in [1.29, 1.82) is 0 Å². The summed E-state index contributed by atoms with van der Waals surface area (Å²) in [6.45, 7) is 8.83. The number of benzene rings is 2. The van der Waals surface area contributed by atoms with Crippen molar-refractivity contribution in [2.45, 2.75) is 82.6 Å². The van der Waals surface area contributed by atoms with Crippen molar-refractivity contribution in [3.8, 4) is 28.7 Å². The molecule has 14 heteroatoms. The summed E-state index contributed by atoms with van der Waals surface area (Å²) in [7, 11) is 2.84. The van der Waals surface area contributed by atoms with E-state index in [4.69, 9.17) is 28.4 Å². The molecule has 1 radical (unpaired) electrons. The molecule has 3 aliphatic heterocycles. The van der Waals surface area contributed by atoms with Crippen molar-refractivity contribution in [3.05, 3.63) is 41.0 Å². The number of fused-ring (bicyclic) bond motifs is 3. The molecule has 2 fully saturated rings. The lowest BCUT2D eigenvalue weighted by Crippen LogP contribution is -2.60. The van der Waals surface area contributed by atoms with E-state index in [1.165, 1.54) is 14.2 Å². The van der Waals surface area contributed by atoms with Crippen LogP contribution in [-0.2, 0) is 24.3 Å². The van der Waals surface area contributed by atoms with Crippen LogP contribution in [0.4, 0.5) is 4.79 Å². The number of ether oxygens (including phenoxy) is 6. The fraction of sp³-hybridized carbons (Fsp3) is 0.559. The van der Waals surface area contributed by atoms with Crippen LogP contribution < -0.4 is 29.6 Å². The Morgan fingerprint density at radius 3 is 2.12 bits per heavy atom. The second-order valence-corrected chi connectivity index (χ2v) is 14.1. The van der Waals surface area contributed by atoms with E-state index in [0.29, 0.717) is 41.0 Å². The van der Waals surface area contributed by atoms with Gasteiger partial charge in [-0.2, -0.15) is 0 Å². The van der Waals surface area contributed by atoms with Gasteiger partial charge in [-0.05, 0) is 75.6 Å². The molecule has 3 heterocycles. The van der Waals surface area contributed by atoms with E-state index in [-0.39, 0.29) is 30.6 Å². The van der Waals surface area contributed by atoms with Crippen LogP contribution in [0.1, 0.15) is 76.1 Å². The monoisotopic (exact) mass is 668 g/mol. The van der Waals surface area contributed by atoms with Crippen LogP contribution in [0, 0.1) is 11.8 Å². The number of aromatic hydroxyl groups is 1. The van der Waals surface area contributed by atoms with Crippen molar-refractivity contribution < 1.29 is 53.1 Å². The number of amides is 2. The first-order valence-electron chi connectivity index (χ1n) is 15.9. The lowest BCUT2D eigenvalue weighted by molar-refractivity contribution is -0.298. The first kappa shape index (κ1) is 33.5. The number of hydroxylamine groups is 2. The molecule has 0 aromatic heterocycles. The molecule has 2 amide bonds. The summed E-state index contributed by atoms with van der Waals surface area (Å²) >= 11 is 0. The first-order valence-corrected chi connectivity index (χ1v) is 15.9. The number of nitrogens with one attached hydrogen (secondary N) is 2. The number of carbonyl (C=O) groups excluding carboxylic acids is 3. The van der Waals surface area contributed by atoms with E-state index in [9.17, 15) is 24.7 Å². The number of carbonyl (C=O) groups is 3. The molecule has 1 aliphatic carbocycles. The molecule has 0 bridgehead atoms. The van der Waals surface area contributed by atoms with E-state index in [1.807, 2.05) is 27.7 Å². The van der Waals surface area contributed by atoms with Gasteiger partial charge in [-0.1, -0.05) is 0 Å². The van der Waals surface area contributed by atoms with Crippen LogP contribution in [0.3, 0.4) is 0 Å². The fourth-order valence-corrected chi connectivity index (χ4v) is 7.80. The molecule has 2 saturated heterocycles. The van der Waals surface area contributed by atoms with Crippen LogP contribution >= 0.6 is 0 Å². The minimum Gasteiger partial charge on any atom is -0.502 e. The Labute approximate surface area is 278 Å². The zero-order valence-corrected chi connectivity index (χ0v) is 28.1. The Bertz CT molecular complexity index is 1580. The summed E-state index contributed by atoms with van der Waals surface area (Å²) in [4.78, 5) is 40.1. The molecule has 0 unspecified atom stereocenters. The molecule has 2 aromatic carbocycles. The van der Waals surface area contributed by atoms with E-state index in [1.54, 1.807) is 31.2 Å². The zero-order chi connectivity index (χ0) is 34.7. The lowest BCUT2D eigenvalue weighted by atomic mass is 9.65. The first-order chi connectivity index (χ1) is 22.6. The lowest BCUT2D eigenvalue weighted by Gasteiger charge is -2.49. The van der Waals surface area contributed by atoms with Crippen molar-refractivity contribution in [1.82, 2.24) is 15.7 Å². The van der Waals surface area contributed by atoms with Gasteiger partial charge < -0.3 is 44.2 Å². The number of hydrogen-bond donors (Lipinski definition) is 3. The van der Waals surface area contributed by atoms with Crippen molar-refractivity contribution in [2.75, 3.05) is 27.6 Å². The molecule has 259 valence electrons. The number of cyclic esters (lactones) is 1. The number of rotatable bonds is 7. The standard InChI is InChI=1S/C34H42N3O11/c1-16(35-32(41)48-18-12-33(2,3)37(42)34(4,5)13-18)30(39)36-28-20-11-23-22(46-15-47-23)10-19(20)26(27-21(28)14-45-31(27)40)17-8-24(43-6)29(38)25(9-17)44-7/h8-11,16,18,21,26-28,38H,12-15H2,1-7H3,(H,35,41)(H,36,39)/t16-,21-,26+,27-,28+/m0/s1. The van der Waals surface area contributed by atoms with Gasteiger partial charge in [-0.3, -0.25) is 9.59 Å². The highest BCUT2D eigenvalue weighted by Gasteiger charge is 2.53. The predicted molar refractivity (Wildman–Crippen MR) is 167 cm³/mol. The highest BCUT2D eigenvalue weighted by molar-refractivity contribution is 5.86. The van der Waals surface area contributed by atoms with E-state index >= 15 is 0 Å². The summed E-state index contributed by atoms with van der Waals surface area (Å²) in [5.74, 6) is -1.61. The Kier molecular flexibility index (Phi) is 8.52. The molecule has 2 aromatic rings. The molecule has 4 aliphatic rings. The molecule has 5 atom stereocenters. The smallest absolute Gasteiger partial charge is 0.408 e. The van der Waals surface area contributed by atoms with Crippen molar-refractivity contribution in [3.63, 3.8) is 0 Å². The average molecular weight is 669 g/mol. The number of nitrogens with zero attached hydrogens (tertiary/aromatic N) is 1. The van der Waals surface area contributed by atoms with E-state index < -0.39 is 65.0 Å². The molecule has 14 nitrogen and oxygen atoms in total. The summed E-state index contributed by atoms with van der Waals surface area (Å²) in [6.07, 6.45) is -0.588. The summed E-state index contributed by atoms with van der Waals surface area (Å²) in [5.41, 5.74) is 0.545. The number of phenolic OH excluding ortho intramolecular Hbond substituents is 1. The fourth-order valence-electron chi connectivity index (χ4n) is 7.80. The predicted octanol–water partition coefficient (Wildman–Crippen LogP) is 3.71. The maximum Gasteiger partial charge on any atom is 0.408 e. The summed E-state index contributed by atoms with van der Waals surface area (Å²) in [6, 6.07) is 5.19. The molecule has 6 rings (SSSR count). The highest BCUT2D eigenvalue weighted by atomic mass is 16.7. The van der Waals surface area contributed by atoms with Gasteiger partial charge in [-0.15, -0.1) is 10.3 Å². The van der Waals surface area contributed by atoms with Gasteiger partial charge >= 0.3 is 12.1 Å². The van der Waals surface area contributed by atoms with Gasteiger partial charge in [-0.25, -0.2) is 4.79 Å². The third kappa shape index (κ3) is 5.80. The number of alkyl carbamates (subject to hydrolysis) is 1. The Balaban J connectivity index is 1.28. The van der Waals surface area contributed by atoms with Gasteiger partial charge in [0.25, 0.3) is 0 Å². The second kappa shape index (κ2) is 12.2. The average Bonchev–Trinajstić information content (AvgIpc) is 3.64. The molecule has 48 heavy (non-hydrogen) atoms. The number of piperidine rings is 1.